The predicted molar refractivity (Wildman–Crippen MR) is 108 cm³/mol. The Bertz CT molecular complexity index is 1040. The average molecular weight is 597 g/mol. The molecule has 1 N–H and O–H groups in total. The van der Waals surface area contributed by atoms with Crippen LogP contribution in [0.25, 0.3) is 10.8 Å². The van der Waals surface area contributed by atoms with Crippen LogP contribution in [0.1, 0.15) is 33.3 Å². The van der Waals surface area contributed by atoms with E-state index in [1.165, 1.54) is 12.1 Å². The number of fused-ring (bicyclic) bond motifs is 1. The molecule has 27 heavy (non-hydrogen) atoms. The minimum absolute atomic E-state index is 0.0799. The van der Waals surface area contributed by atoms with Gasteiger partial charge in [0.25, 0.3) is 0 Å². The van der Waals surface area contributed by atoms with Crippen LogP contribution < -0.4 is 5.46 Å². The Morgan fingerprint density at radius 2 is 1.81 bits per heavy atom. The van der Waals surface area contributed by atoms with E-state index in [4.69, 9.17) is 21.1 Å². The van der Waals surface area contributed by atoms with E-state index in [-0.39, 0.29) is 16.3 Å². The standard InChI is InChI=1S/C18H16BF2O3.PS.Tl/c1-6-10-13(20)8-7-11-15(10)12(9-14(22)16(11)21)19-23-17(2,3)18(4,5)24-19;1-2;/h7-9,22H,2-5H3;;/q;-1;+2. The van der Waals surface area contributed by atoms with Crippen molar-refractivity contribution in [3.8, 4) is 15.1 Å². The average Bonchev–Trinajstić information content (AvgIpc) is 2.80. The Labute approximate surface area is 174 Å². The second-order valence-electron chi connectivity index (χ2n) is 7.24. The topological polar surface area (TPSA) is 38.7 Å². The third-order valence-corrected chi connectivity index (χ3v) is 11.3. The van der Waals surface area contributed by atoms with Crippen molar-refractivity contribution >= 4 is 62.3 Å². The normalized spacial score (nSPS) is 17.3. The first-order valence-corrected chi connectivity index (χ1v) is 18.5. The molecule has 0 saturated carbocycles. The molecule has 1 aliphatic rings. The van der Waals surface area contributed by atoms with E-state index in [9.17, 15) is 13.9 Å². The Morgan fingerprint density at radius 3 is 2.41 bits per heavy atom. The van der Waals surface area contributed by atoms with Gasteiger partial charge in [0, 0.05) is 0 Å². The minimum atomic E-state index is -1.44. The second kappa shape index (κ2) is 7.72. The van der Waals surface area contributed by atoms with Gasteiger partial charge in [0.05, 0.1) is 0 Å². The number of halogens is 2. The molecule has 0 unspecified atom stereocenters. The molecule has 0 atom stereocenters. The fraction of sp³-hybridized carbons (Fsp3) is 0.333. The zero-order chi connectivity index (χ0) is 20.0. The molecule has 2 aromatic carbocycles. The molecule has 9 heteroatoms. The van der Waals surface area contributed by atoms with Crippen LogP contribution in [0, 0.1) is 21.0 Å². The Balaban J connectivity index is 2.33. The van der Waals surface area contributed by atoms with E-state index in [0.29, 0.717) is 5.46 Å². The number of aromatic hydroxyl groups is 1. The van der Waals surface area contributed by atoms with Crippen LogP contribution in [0.2, 0.25) is 0 Å². The second-order valence-corrected chi connectivity index (χ2v) is 19.8. The van der Waals surface area contributed by atoms with Crippen molar-refractivity contribution in [2.24, 2.45) is 0 Å². The van der Waals surface area contributed by atoms with Crippen molar-refractivity contribution in [2.45, 2.75) is 38.9 Å². The van der Waals surface area contributed by atoms with Gasteiger partial charge >= 0.3 is 175 Å². The molecule has 3 rings (SSSR count). The molecule has 2 aromatic rings. The molecule has 0 aliphatic carbocycles. The van der Waals surface area contributed by atoms with Gasteiger partial charge in [0.2, 0.25) is 0 Å². The summed E-state index contributed by atoms with van der Waals surface area (Å²) in [4.78, 5) is 0. The van der Waals surface area contributed by atoms with Crippen LogP contribution in [0.4, 0.5) is 8.78 Å². The summed E-state index contributed by atoms with van der Waals surface area (Å²) in [5.41, 5.74) is -0.821. The molecule has 1 fully saturated rings. The zero-order valence-corrected chi connectivity index (χ0v) is 21.5. The molecule has 1 heterocycles. The molecule has 136 valence electrons. The fourth-order valence-electron chi connectivity index (χ4n) is 2.89. The van der Waals surface area contributed by atoms with Gasteiger partial charge in [0.15, 0.2) is 0 Å². The van der Waals surface area contributed by atoms with Crippen LogP contribution >= 0.6 is 4.00 Å². The van der Waals surface area contributed by atoms with Crippen LogP contribution in [0.5, 0.6) is 5.75 Å². The van der Waals surface area contributed by atoms with E-state index in [1.54, 1.807) is 0 Å². The summed E-state index contributed by atoms with van der Waals surface area (Å²) in [6.45, 7) is 7.54. The Morgan fingerprint density at radius 1 is 1.19 bits per heavy atom. The predicted octanol–water partition coefficient (Wildman–Crippen LogP) is 3.46. The van der Waals surface area contributed by atoms with Gasteiger partial charge in [-0.05, 0) is 0 Å². The van der Waals surface area contributed by atoms with Gasteiger partial charge < -0.3 is 0 Å². The molecule has 1 saturated heterocycles. The molecule has 1 aliphatic heterocycles. The first-order chi connectivity index (χ1) is 12.6. The number of rotatable bonds is 1. The molecule has 0 amide bonds. The number of hydrogen-bond acceptors (Lipinski definition) is 4. The first kappa shape index (κ1) is 21.2. The fourth-order valence-corrected chi connectivity index (χ4v) is 6.32. The summed E-state index contributed by atoms with van der Waals surface area (Å²) >= 11 is 3.49. The SMILES string of the molecule is CC1(C)OB(c2cc(O)c(F)c3ccc(F)c(C#[C][Tl]=[P+]=S)c23)OC1(C)C. The summed E-state index contributed by atoms with van der Waals surface area (Å²) in [5.74, 6) is 0.930. The number of phenols is 1. The van der Waals surface area contributed by atoms with Crippen LogP contribution in [-0.2, 0) is 21.1 Å². The van der Waals surface area contributed by atoms with Gasteiger partial charge in [-0.25, -0.2) is 0 Å². The maximum atomic E-state index is 14.6. The molecule has 0 bridgehead atoms. The Hall–Kier alpha value is -0.523. The molecular weight excluding hydrogens is 580 g/mol. The summed E-state index contributed by atoms with van der Waals surface area (Å²) in [5, 5.41) is 10.4. The van der Waals surface area contributed by atoms with Crippen LogP contribution in [0.3, 0.4) is 0 Å². The van der Waals surface area contributed by atoms with Gasteiger partial charge in [0.1, 0.15) is 0 Å². The van der Waals surface area contributed by atoms with E-state index in [0.717, 1.165) is 10.1 Å². The quantitative estimate of drug-likeness (QED) is 0.311. The van der Waals surface area contributed by atoms with E-state index < -0.39 is 58.8 Å². The Kier molecular flexibility index (Phi) is 6.06. The molecule has 0 spiro atoms. The van der Waals surface area contributed by atoms with Crippen molar-refractivity contribution in [2.75, 3.05) is 0 Å². The van der Waals surface area contributed by atoms with Crippen LogP contribution in [0.15, 0.2) is 18.2 Å². The van der Waals surface area contributed by atoms with Crippen LogP contribution in [-0.4, -0.2) is 46.5 Å². The van der Waals surface area contributed by atoms with E-state index >= 15 is 0 Å². The third kappa shape index (κ3) is 3.84. The van der Waals surface area contributed by atoms with Crippen molar-refractivity contribution in [1.29, 1.82) is 0 Å². The number of hydrogen-bond donors (Lipinski definition) is 1. The van der Waals surface area contributed by atoms with Gasteiger partial charge in [-0.1, -0.05) is 0 Å². The third-order valence-electron chi connectivity index (χ3n) is 5.02. The summed E-state index contributed by atoms with van der Waals surface area (Å²) in [6.07, 6.45) is 0. The van der Waals surface area contributed by atoms with Crippen molar-refractivity contribution in [3.05, 3.63) is 35.4 Å². The van der Waals surface area contributed by atoms with Gasteiger partial charge in [-0.2, -0.15) is 0 Å². The van der Waals surface area contributed by atoms with E-state index in [1.807, 2.05) is 27.7 Å². The summed E-state index contributed by atoms with van der Waals surface area (Å²) < 4.78 is 45.1. The monoisotopic (exact) mass is 597 g/mol. The van der Waals surface area contributed by atoms with Crippen molar-refractivity contribution < 1.29 is 23.2 Å². The number of benzene rings is 2. The molecular formula is C18H16BF2O3PSTl+. The maximum absolute atomic E-state index is 14.6. The zero-order valence-electron chi connectivity index (χ0n) is 15.3. The van der Waals surface area contributed by atoms with Crippen molar-refractivity contribution in [3.63, 3.8) is 0 Å². The van der Waals surface area contributed by atoms with Gasteiger partial charge in [-0.3, -0.25) is 0 Å². The molecule has 0 radical (unpaired) electrons. The first-order valence-electron chi connectivity index (χ1n) is 8.24. The molecule has 3 nitrogen and oxygen atoms in total. The van der Waals surface area contributed by atoms with E-state index in [2.05, 4.69) is 9.40 Å². The summed E-state index contributed by atoms with van der Waals surface area (Å²) in [6, 6.07) is 3.69. The van der Waals surface area contributed by atoms with Gasteiger partial charge in [-0.15, -0.1) is 0 Å². The number of phenolic OH excluding ortho intramolecular Hbond substituents is 1. The summed E-state index contributed by atoms with van der Waals surface area (Å²) in [7, 11) is -0.883. The molecule has 0 aromatic heterocycles. The van der Waals surface area contributed by atoms with Crippen molar-refractivity contribution in [1.82, 2.24) is 0 Å².